The van der Waals surface area contributed by atoms with Crippen LogP contribution in [0.25, 0.3) is 0 Å². The molecule has 1 aromatic heterocycles. The lowest BCUT2D eigenvalue weighted by atomic mass is 10.1. The molecule has 5 nitrogen and oxygen atoms in total. The van der Waals surface area contributed by atoms with Crippen LogP contribution in [0.4, 0.5) is 0 Å². The van der Waals surface area contributed by atoms with Crippen molar-refractivity contribution < 1.29 is 9.59 Å². The first kappa shape index (κ1) is 13.5. The van der Waals surface area contributed by atoms with Gasteiger partial charge in [0, 0.05) is 18.9 Å². The second-order valence-electron chi connectivity index (χ2n) is 5.09. The van der Waals surface area contributed by atoms with Crippen LogP contribution in [0.5, 0.6) is 0 Å². The van der Waals surface area contributed by atoms with E-state index in [2.05, 4.69) is 4.98 Å². The molecule has 0 aliphatic carbocycles. The summed E-state index contributed by atoms with van der Waals surface area (Å²) in [5.74, 6) is -0.450. The molecular weight excluding hydrogens is 266 g/mol. The Morgan fingerprint density at radius 2 is 1.57 bits per heavy atom. The molecule has 2 heterocycles. The van der Waals surface area contributed by atoms with E-state index in [-0.39, 0.29) is 18.5 Å². The topological polar surface area (TPSA) is 53.5 Å². The second-order valence-corrected chi connectivity index (χ2v) is 5.09. The van der Waals surface area contributed by atoms with Crippen LogP contribution in [0.1, 0.15) is 26.3 Å². The van der Waals surface area contributed by atoms with Crippen molar-refractivity contribution in [1.29, 1.82) is 0 Å². The monoisotopic (exact) mass is 281 g/mol. The number of rotatable bonds is 4. The standard InChI is InChI=1S/C16H15N3O2/c1-18(10-12-6-8-17-9-7-12)11-19-15(20)13-4-2-3-5-14(13)16(19)21/h2-9H,10-11H2,1H3. The van der Waals surface area contributed by atoms with E-state index in [0.29, 0.717) is 17.7 Å². The Labute approximate surface area is 122 Å². The fourth-order valence-electron chi connectivity index (χ4n) is 2.46. The Balaban J connectivity index is 1.72. The first-order valence-electron chi connectivity index (χ1n) is 6.69. The van der Waals surface area contributed by atoms with Gasteiger partial charge in [-0.25, -0.2) is 0 Å². The smallest absolute Gasteiger partial charge is 0.262 e. The molecule has 1 aliphatic rings. The minimum Gasteiger partial charge on any atom is -0.284 e. The van der Waals surface area contributed by atoms with Crippen molar-refractivity contribution >= 4 is 11.8 Å². The summed E-state index contributed by atoms with van der Waals surface area (Å²) >= 11 is 0. The minimum atomic E-state index is -0.225. The van der Waals surface area contributed by atoms with Crippen molar-refractivity contribution in [1.82, 2.24) is 14.8 Å². The number of amides is 2. The predicted molar refractivity (Wildman–Crippen MR) is 77.5 cm³/mol. The summed E-state index contributed by atoms with van der Waals surface area (Å²) in [5, 5.41) is 0. The first-order valence-corrected chi connectivity index (χ1v) is 6.69. The maximum absolute atomic E-state index is 12.3. The number of nitrogens with zero attached hydrogens (tertiary/aromatic N) is 3. The summed E-state index contributed by atoms with van der Waals surface area (Å²) in [6.07, 6.45) is 3.45. The van der Waals surface area contributed by atoms with E-state index < -0.39 is 0 Å². The molecule has 0 fully saturated rings. The Kier molecular flexibility index (Phi) is 3.50. The van der Waals surface area contributed by atoms with E-state index in [1.807, 2.05) is 24.1 Å². The van der Waals surface area contributed by atoms with Gasteiger partial charge in [-0.05, 0) is 36.9 Å². The molecule has 0 spiro atoms. The molecule has 0 unspecified atom stereocenters. The predicted octanol–water partition coefficient (Wildman–Crippen LogP) is 1.77. The molecule has 1 aliphatic heterocycles. The molecule has 0 atom stereocenters. The molecule has 3 rings (SSSR count). The number of carbonyl (C=O) groups excluding carboxylic acids is 2. The Bertz CT molecular complexity index is 650. The van der Waals surface area contributed by atoms with Crippen molar-refractivity contribution in [2.45, 2.75) is 6.54 Å². The third-order valence-corrected chi connectivity index (χ3v) is 3.46. The van der Waals surface area contributed by atoms with E-state index in [0.717, 1.165) is 5.56 Å². The van der Waals surface area contributed by atoms with Gasteiger partial charge in [0.05, 0.1) is 17.8 Å². The van der Waals surface area contributed by atoms with Gasteiger partial charge in [0.2, 0.25) is 0 Å². The number of hydrogen-bond donors (Lipinski definition) is 0. The summed E-state index contributed by atoms with van der Waals surface area (Å²) in [5.41, 5.74) is 2.06. The summed E-state index contributed by atoms with van der Waals surface area (Å²) in [6, 6.07) is 10.8. The SMILES string of the molecule is CN(Cc1ccncc1)CN1C(=O)c2ccccc2C1=O. The molecule has 2 aromatic rings. The van der Waals surface area contributed by atoms with Gasteiger partial charge in [0.15, 0.2) is 0 Å². The summed E-state index contributed by atoms with van der Waals surface area (Å²) in [6.45, 7) is 0.921. The Hall–Kier alpha value is -2.53. The van der Waals surface area contributed by atoms with Crippen molar-refractivity contribution in [3.8, 4) is 0 Å². The average Bonchev–Trinajstić information content (AvgIpc) is 2.74. The Morgan fingerprint density at radius 3 is 2.14 bits per heavy atom. The molecule has 1 aromatic carbocycles. The summed E-state index contributed by atoms with van der Waals surface area (Å²) in [7, 11) is 1.88. The van der Waals surface area contributed by atoms with Crippen LogP contribution in [-0.4, -0.2) is 40.3 Å². The Morgan fingerprint density at radius 1 is 1.00 bits per heavy atom. The zero-order chi connectivity index (χ0) is 14.8. The molecule has 21 heavy (non-hydrogen) atoms. The molecule has 5 heteroatoms. The van der Waals surface area contributed by atoms with Crippen LogP contribution in [0.15, 0.2) is 48.8 Å². The normalized spacial score (nSPS) is 13.9. The van der Waals surface area contributed by atoms with Gasteiger partial charge in [-0.15, -0.1) is 0 Å². The highest BCUT2D eigenvalue weighted by Gasteiger charge is 2.35. The van der Waals surface area contributed by atoms with Crippen molar-refractivity contribution in [3.05, 3.63) is 65.5 Å². The van der Waals surface area contributed by atoms with Crippen molar-refractivity contribution in [2.75, 3.05) is 13.7 Å². The number of carbonyl (C=O) groups is 2. The van der Waals surface area contributed by atoms with E-state index in [1.54, 1.807) is 36.7 Å². The van der Waals surface area contributed by atoms with Crippen LogP contribution in [0.2, 0.25) is 0 Å². The van der Waals surface area contributed by atoms with Gasteiger partial charge >= 0.3 is 0 Å². The fourth-order valence-corrected chi connectivity index (χ4v) is 2.46. The van der Waals surface area contributed by atoms with Crippen LogP contribution in [-0.2, 0) is 6.54 Å². The second kappa shape index (κ2) is 5.46. The maximum Gasteiger partial charge on any atom is 0.262 e. The number of aromatic nitrogens is 1. The molecule has 0 bridgehead atoms. The highest BCUT2D eigenvalue weighted by Crippen LogP contribution is 2.22. The molecule has 0 saturated heterocycles. The highest BCUT2D eigenvalue weighted by atomic mass is 16.2. The van der Waals surface area contributed by atoms with Crippen LogP contribution in [0, 0.1) is 0 Å². The molecule has 0 saturated carbocycles. The molecule has 106 valence electrons. The van der Waals surface area contributed by atoms with E-state index >= 15 is 0 Å². The number of fused-ring (bicyclic) bond motifs is 1. The summed E-state index contributed by atoms with van der Waals surface area (Å²) < 4.78 is 0. The largest absolute Gasteiger partial charge is 0.284 e. The molecule has 0 radical (unpaired) electrons. The number of hydrogen-bond acceptors (Lipinski definition) is 4. The van der Waals surface area contributed by atoms with Gasteiger partial charge in [-0.2, -0.15) is 0 Å². The van der Waals surface area contributed by atoms with Crippen LogP contribution < -0.4 is 0 Å². The molecule has 2 amide bonds. The maximum atomic E-state index is 12.3. The van der Waals surface area contributed by atoms with Gasteiger partial charge in [-0.1, -0.05) is 12.1 Å². The lowest BCUT2D eigenvalue weighted by molar-refractivity contribution is 0.0559. The summed E-state index contributed by atoms with van der Waals surface area (Å²) in [4.78, 5) is 31.7. The van der Waals surface area contributed by atoms with Crippen molar-refractivity contribution in [2.24, 2.45) is 0 Å². The fraction of sp³-hybridized carbons (Fsp3) is 0.188. The van der Waals surface area contributed by atoms with Gasteiger partial charge in [-0.3, -0.25) is 24.4 Å². The van der Waals surface area contributed by atoms with Gasteiger partial charge in [0.25, 0.3) is 11.8 Å². The number of benzene rings is 1. The minimum absolute atomic E-state index is 0.225. The number of pyridine rings is 1. The zero-order valence-corrected chi connectivity index (χ0v) is 11.7. The van der Waals surface area contributed by atoms with Crippen LogP contribution in [0.3, 0.4) is 0 Å². The van der Waals surface area contributed by atoms with E-state index in [1.165, 1.54) is 4.90 Å². The third-order valence-electron chi connectivity index (χ3n) is 3.46. The lowest BCUT2D eigenvalue weighted by Gasteiger charge is -2.22. The first-order chi connectivity index (χ1) is 10.2. The third kappa shape index (κ3) is 2.55. The molecule has 0 N–H and O–H groups in total. The van der Waals surface area contributed by atoms with Crippen LogP contribution >= 0.6 is 0 Å². The molecular formula is C16H15N3O2. The van der Waals surface area contributed by atoms with Gasteiger partial charge in [0.1, 0.15) is 0 Å². The number of imide groups is 1. The highest BCUT2D eigenvalue weighted by molar-refractivity contribution is 6.21. The van der Waals surface area contributed by atoms with E-state index in [9.17, 15) is 9.59 Å². The lowest BCUT2D eigenvalue weighted by Crippen LogP contribution is -2.39. The van der Waals surface area contributed by atoms with Crippen molar-refractivity contribution in [3.63, 3.8) is 0 Å². The van der Waals surface area contributed by atoms with Gasteiger partial charge < -0.3 is 0 Å². The quantitative estimate of drug-likeness (QED) is 0.801. The van der Waals surface area contributed by atoms with E-state index in [4.69, 9.17) is 0 Å². The average molecular weight is 281 g/mol. The zero-order valence-electron chi connectivity index (χ0n) is 11.7.